The molecule has 0 bridgehead atoms. The van der Waals surface area contributed by atoms with Crippen LogP contribution in [0.3, 0.4) is 0 Å². The van der Waals surface area contributed by atoms with Gasteiger partial charge >= 0.3 is 0 Å². The van der Waals surface area contributed by atoms with Crippen LogP contribution in [0.25, 0.3) is 0 Å². The van der Waals surface area contributed by atoms with Crippen molar-refractivity contribution in [3.8, 4) is 11.5 Å². The third kappa shape index (κ3) is 2.36. The molecule has 0 aliphatic carbocycles. The Morgan fingerprint density at radius 1 is 1.40 bits per heavy atom. The minimum Gasteiger partial charge on any atom is -0.486 e. The van der Waals surface area contributed by atoms with Crippen LogP contribution < -0.4 is 15.2 Å². The molecule has 3 rings (SSSR count). The van der Waals surface area contributed by atoms with Crippen LogP contribution in [0.4, 0.5) is 0 Å². The number of hydrogen-bond acceptors (Lipinski definition) is 4. The zero-order valence-corrected chi connectivity index (χ0v) is 11.5. The average molecular weight is 273 g/mol. The zero-order valence-electron chi connectivity index (χ0n) is 11.5. The Hall–Kier alpha value is -2.01. The lowest BCUT2D eigenvalue weighted by molar-refractivity contribution is 0.0691. The quantitative estimate of drug-likeness (QED) is 0.927. The fourth-order valence-corrected chi connectivity index (χ4v) is 2.43. The van der Waals surface area contributed by atoms with E-state index in [0.717, 1.165) is 30.3 Å². The van der Waals surface area contributed by atoms with Crippen LogP contribution in [-0.2, 0) is 6.54 Å². The summed E-state index contributed by atoms with van der Waals surface area (Å²) in [5.74, 6) is 2.36. The Labute approximate surface area is 118 Å². The third-order valence-corrected chi connectivity index (χ3v) is 3.44. The number of benzene rings is 1. The first-order valence-corrected chi connectivity index (χ1v) is 6.94. The molecule has 0 amide bonds. The van der Waals surface area contributed by atoms with E-state index in [-0.39, 0.29) is 12.1 Å². The van der Waals surface area contributed by atoms with Crippen LogP contribution in [0.5, 0.6) is 11.5 Å². The van der Waals surface area contributed by atoms with Crippen LogP contribution in [0, 0.1) is 0 Å². The van der Waals surface area contributed by atoms with E-state index in [1.165, 1.54) is 0 Å². The van der Waals surface area contributed by atoms with E-state index in [4.69, 9.17) is 15.2 Å². The van der Waals surface area contributed by atoms with E-state index in [0.29, 0.717) is 6.61 Å². The lowest BCUT2D eigenvalue weighted by Gasteiger charge is -2.30. The molecular formula is C15H19N3O2. The Morgan fingerprint density at radius 2 is 2.20 bits per heavy atom. The van der Waals surface area contributed by atoms with Gasteiger partial charge in [-0.3, -0.25) is 0 Å². The second-order valence-corrected chi connectivity index (χ2v) is 4.92. The molecule has 5 heteroatoms. The van der Waals surface area contributed by atoms with Gasteiger partial charge in [0.2, 0.25) is 0 Å². The summed E-state index contributed by atoms with van der Waals surface area (Å²) in [6.45, 7) is 3.48. The lowest BCUT2D eigenvalue weighted by atomic mass is 10.1. The van der Waals surface area contributed by atoms with Crippen molar-refractivity contribution >= 4 is 0 Å². The zero-order chi connectivity index (χ0) is 13.9. The number of hydrogen-bond donors (Lipinski definition) is 1. The topological polar surface area (TPSA) is 62.3 Å². The van der Waals surface area contributed by atoms with E-state index >= 15 is 0 Å². The maximum atomic E-state index is 6.31. The van der Waals surface area contributed by atoms with Gasteiger partial charge in [0.05, 0.1) is 0 Å². The summed E-state index contributed by atoms with van der Waals surface area (Å²) in [6.07, 6.45) is 4.56. The van der Waals surface area contributed by atoms with Gasteiger partial charge in [-0.15, -0.1) is 0 Å². The van der Waals surface area contributed by atoms with Crippen molar-refractivity contribution in [2.45, 2.75) is 32.0 Å². The molecule has 2 atom stereocenters. The van der Waals surface area contributed by atoms with Gasteiger partial charge in [-0.05, 0) is 18.6 Å². The van der Waals surface area contributed by atoms with Crippen molar-refractivity contribution in [1.29, 1.82) is 0 Å². The molecule has 1 aliphatic heterocycles. The molecule has 0 saturated carbocycles. The van der Waals surface area contributed by atoms with Gasteiger partial charge in [0.1, 0.15) is 18.5 Å². The number of aromatic nitrogens is 2. The van der Waals surface area contributed by atoms with E-state index < -0.39 is 0 Å². The highest BCUT2D eigenvalue weighted by Gasteiger charge is 2.29. The largest absolute Gasteiger partial charge is 0.486 e. The molecule has 2 unspecified atom stereocenters. The highest BCUT2D eigenvalue weighted by molar-refractivity contribution is 5.40. The van der Waals surface area contributed by atoms with Gasteiger partial charge in [0.15, 0.2) is 17.6 Å². The summed E-state index contributed by atoms with van der Waals surface area (Å²) in [5.41, 5.74) is 6.31. The summed E-state index contributed by atoms with van der Waals surface area (Å²) in [6, 6.07) is 7.34. The Bertz CT molecular complexity index is 582. The molecule has 1 aromatic heterocycles. The highest BCUT2D eigenvalue weighted by Crippen LogP contribution is 2.33. The molecule has 20 heavy (non-hydrogen) atoms. The molecule has 1 aliphatic rings. The minimum atomic E-state index is -0.301. The summed E-state index contributed by atoms with van der Waals surface area (Å²) in [4.78, 5) is 4.37. The fraction of sp³-hybridized carbons (Fsp3) is 0.400. The first-order valence-electron chi connectivity index (χ1n) is 6.94. The number of imidazole rings is 1. The molecule has 0 radical (unpaired) electrons. The highest BCUT2D eigenvalue weighted by atomic mass is 16.6. The summed E-state index contributed by atoms with van der Waals surface area (Å²) in [5, 5.41) is 0. The smallest absolute Gasteiger partial charge is 0.161 e. The van der Waals surface area contributed by atoms with E-state index in [1.807, 2.05) is 30.5 Å². The molecule has 1 aromatic carbocycles. The predicted octanol–water partition coefficient (Wildman–Crippen LogP) is 2.13. The van der Waals surface area contributed by atoms with Gasteiger partial charge < -0.3 is 19.8 Å². The van der Waals surface area contributed by atoms with Crippen molar-refractivity contribution < 1.29 is 9.47 Å². The number of para-hydroxylation sites is 2. The van der Waals surface area contributed by atoms with Crippen molar-refractivity contribution in [1.82, 2.24) is 9.55 Å². The Morgan fingerprint density at radius 3 is 3.00 bits per heavy atom. The molecular weight excluding hydrogens is 254 g/mol. The summed E-state index contributed by atoms with van der Waals surface area (Å²) in [7, 11) is 0. The monoisotopic (exact) mass is 273 g/mol. The molecule has 0 saturated heterocycles. The average Bonchev–Trinajstić information content (AvgIpc) is 2.94. The van der Waals surface area contributed by atoms with Crippen molar-refractivity contribution in [3.63, 3.8) is 0 Å². The molecule has 2 N–H and O–H groups in total. The van der Waals surface area contributed by atoms with Gasteiger partial charge in [-0.2, -0.15) is 0 Å². The van der Waals surface area contributed by atoms with Gasteiger partial charge in [-0.1, -0.05) is 19.1 Å². The fourth-order valence-electron chi connectivity index (χ4n) is 2.43. The first-order chi connectivity index (χ1) is 9.79. The number of ether oxygens (including phenoxy) is 2. The Kier molecular flexibility index (Phi) is 3.60. The van der Waals surface area contributed by atoms with Gasteiger partial charge in [0, 0.05) is 18.9 Å². The van der Waals surface area contributed by atoms with Crippen LogP contribution in [0.2, 0.25) is 0 Å². The van der Waals surface area contributed by atoms with Crippen LogP contribution in [0.1, 0.15) is 25.2 Å². The van der Waals surface area contributed by atoms with Crippen LogP contribution in [0.15, 0.2) is 36.7 Å². The maximum Gasteiger partial charge on any atom is 0.161 e. The third-order valence-electron chi connectivity index (χ3n) is 3.44. The van der Waals surface area contributed by atoms with Crippen LogP contribution >= 0.6 is 0 Å². The first kappa shape index (κ1) is 13.0. The van der Waals surface area contributed by atoms with E-state index in [2.05, 4.69) is 16.5 Å². The second-order valence-electron chi connectivity index (χ2n) is 4.92. The number of rotatable bonds is 4. The normalized spacial score (nSPS) is 18.8. The number of nitrogens with zero attached hydrogens (tertiary/aromatic N) is 2. The van der Waals surface area contributed by atoms with Crippen molar-refractivity contribution in [2.75, 3.05) is 6.61 Å². The number of nitrogens with two attached hydrogens (primary N) is 1. The second kappa shape index (κ2) is 5.54. The van der Waals surface area contributed by atoms with E-state index in [9.17, 15) is 0 Å². The predicted molar refractivity (Wildman–Crippen MR) is 75.8 cm³/mol. The number of fused-ring (bicyclic) bond motifs is 1. The molecule has 106 valence electrons. The maximum absolute atomic E-state index is 6.31. The Balaban J connectivity index is 1.78. The van der Waals surface area contributed by atoms with Crippen molar-refractivity contribution in [2.24, 2.45) is 5.73 Å². The van der Waals surface area contributed by atoms with Gasteiger partial charge in [0.25, 0.3) is 0 Å². The minimum absolute atomic E-state index is 0.220. The van der Waals surface area contributed by atoms with E-state index in [1.54, 1.807) is 6.20 Å². The molecule has 0 spiro atoms. The standard InChI is InChI=1S/C15H19N3O2/c1-2-8-18-9-7-17-15(18)14(16)13-10-19-11-5-3-4-6-12(11)20-13/h3-7,9,13-14H,2,8,10,16H2,1H3. The molecule has 5 nitrogen and oxygen atoms in total. The number of aryl methyl sites for hydroxylation is 1. The summed E-state index contributed by atoms with van der Waals surface area (Å²) >= 11 is 0. The molecule has 2 heterocycles. The van der Waals surface area contributed by atoms with Crippen LogP contribution in [-0.4, -0.2) is 22.3 Å². The molecule has 2 aromatic rings. The van der Waals surface area contributed by atoms with Crippen molar-refractivity contribution in [3.05, 3.63) is 42.5 Å². The molecule has 0 fully saturated rings. The SMILES string of the molecule is CCCn1ccnc1C(N)C1COc2ccccc2O1. The lowest BCUT2D eigenvalue weighted by Crippen LogP contribution is -2.40. The summed E-state index contributed by atoms with van der Waals surface area (Å²) < 4.78 is 13.7. The van der Waals surface area contributed by atoms with Gasteiger partial charge in [-0.25, -0.2) is 4.98 Å².